The summed E-state index contributed by atoms with van der Waals surface area (Å²) >= 11 is 0. The van der Waals surface area contributed by atoms with Crippen LogP contribution in [0.3, 0.4) is 0 Å². The summed E-state index contributed by atoms with van der Waals surface area (Å²) in [6.07, 6.45) is 0. The maximum atomic E-state index is 8.67. The molecule has 12 heavy (non-hydrogen) atoms. The molecule has 0 saturated carbocycles. The van der Waals surface area contributed by atoms with Gasteiger partial charge in [0.1, 0.15) is 12.1 Å². The summed E-state index contributed by atoms with van der Waals surface area (Å²) in [4.78, 5) is 0. The maximum Gasteiger partial charge on any atom is 0.110 e. The number of rotatable bonds is 3. The zero-order valence-corrected chi connectivity index (χ0v) is 7.94. The zero-order valence-electron chi connectivity index (χ0n) is 7.94. The van der Waals surface area contributed by atoms with Crippen molar-refractivity contribution in [3.8, 4) is 12.1 Å². The number of nitrogens with zero attached hydrogens (tertiary/aromatic N) is 4. The highest BCUT2D eigenvalue weighted by atomic mass is 15.6. The molecule has 0 spiro atoms. The van der Waals surface area contributed by atoms with Crippen LogP contribution in [0.4, 0.5) is 0 Å². The average molecular weight is 166 g/mol. The molecule has 0 aliphatic carbocycles. The van der Waals surface area contributed by atoms with E-state index in [1.165, 1.54) is 0 Å². The Morgan fingerprint density at radius 1 is 1.00 bits per heavy atom. The molecular weight excluding hydrogens is 152 g/mol. The Hall–Kier alpha value is -1.10. The highest BCUT2D eigenvalue weighted by molar-refractivity contribution is 4.95. The molecule has 0 aromatic heterocycles. The van der Waals surface area contributed by atoms with Crippen molar-refractivity contribution in [2.24, 2.45) is 0 Å². The van der Waals surface area contributed by atoms with Crippen molar-refractivity contribution >= 4 is 0 Å². The minimum absolute atomic E-state index is 0.269. The minimum Gasteiger partial charge on any atom is -0.245 e. The Morgan fingerprint density at radius 3 is 1.50 bits per heavy atom. The monoisotopic (exact) mass is 166 g/mol. The minimum atomic E-state index is -0.269. The molecule has 0 heterocycles. The normalized spacial score (nSPS) is 15.3. The van der Waals surface area contributed by atoms with E-state index in [1.54, 1.807) is 23.9 Å². The first-order valence-corrected chi connectivity index (χ1v) is 3.79. The summed E-state index contributed by atoms with van der Waals surface area (Å²) in [6.45, 7) is 3.54. The van der Waals surface area contributed by atoms with Gasteiger partial charge in [-0.2, -0.15) is 10.5 Å². The topological polar surface area (TPSA) is 54.1 Å². The molecule has 0 radical (unpaired) electrons. The Kier molecular flexibility index (Phi) is 4.28. The maximum absolute atomic E-state index is 8.67. The summed E-state index contributed by atoms with van der Waals surface area (Å²) in [6, 6.07) is 3.65. The summed E-state index contributed by atoms with van der Waals surface area (Å²) in [5, 5.41) is 20.8. The van der Waals surface area contributed by atoms with Gasteiger partial charge in [-0.3, -0.25) is 0 Å². The van der Waals surface area contributed by atoms with E-state index in [1.807, 2.05) is 14.1 Å². The molecule has 0 bridgehead atoms. The Labute approximate surface area is 73.6 Å². The molecule has 0 amide bonds. The molecule has 2 atom stereocenters. The van der Waals surface area contributed by atoms with Gasteiger partial charge in [0.15, 0.2) is 0 Å². The van der Waals surface area contributed by atoms with Crippen molar-refractivity contribution < 1.29 is 0 Å². The summed E-state index contributed by atoms with van der Waals surface area (Å²) in [5.74, 6) is 0. The van der Waals surface area contributed by atoms with Gasteiger partial charge in [0, 0.05) is 14.1 Å². The third-order valence-electron chi connectivity index (χ3n) is 1.63. The molecule has 0 unspecified atom stereocenters. The molecular formula is C8H14N4. The van der Waals surface area contributed by atoms with Crippen LogP contribution < -0.4 is 0 Å². The Morgan fingerprint density at radius 2 is 1.33 bits per heavy atom. The van der Waals surface area contributed by atoms with Crippen LogP contribution >= 0.6 is 0 Å². The lowest BCUT2D eigenvalue weighted by Gasteiger charge is -2.32. The number of hydrogen-bond donors (Lipinski definition) is 0. The first-order chi connectivity index (χ1) is 5.54. The first kappa shape index (κ1) is 10.9. The largest absolute Gasteiger partial charge is 0.245 e. The van der Waals surface area contributed by atoms with Crippen LogP contribution in [-0.4, -0.2) is 36.2 Å². The van der Waals surface area contributed by atoms with Gasteiger partial charge in [-0.1, -0.05) is 0 Å². The molecule has 0 aromatic rings. The SMILES string of the molecule is C[C@H](C#N)N([C@@H](C)C#N)N(C)C. The second kappa shape index (κ2) is 4.71. The fourth-order valence-electron chi connectivity index (χ4n) is 1.15. The third-order valence-corrected chi connectivity index (χ3v) is 1.63. The van der Waals surface area contributed by atoms with Crippen molar-refractivity contribution in [2.45, 2.75) is 25.9 Å². The van der Waals surface area contributed by atoms with Gasteiger partial charge in [-0.15, -0.1) is 0 Å². The summed E-state index contributed by atoms with van der Waals surface area (Å²) < 4.78 is 0. The molecule has 0 N–H and O–H groups in total. The number of hydrazine groups is 1. The second-order valence-electron chi connectivity index (χ2n) is 2.84. The molecule has 0 aliphatic rings. The van der Waals surface area contributed by atoms with Crippen LogP contribution in [-0.2, 0) is 0 Å². The highest BCUT2D eigenvalue weighted by Gasteiger charge is 2.21. The van der Waals surface area contributed by atoms with Gasteiger partial charge < -0.3 is 0 Å². The Balaban J connectivity index is 4.48. The van der Waals surface area contributed by atoms with Crippen LogP contribution in [0.25, 0.3) is 0 Å². The zero-order chi connectivity index (χ0) is 9.72. The standard InChI is InChI=1S/C8H14N4/c1-7(5-9)12(11(3)4)8(2)6-10/h7-8H,1-4H3/t7-,8+. The average Bonchev–Trinajstić information content (AvgIpc) is 2.03. The quantitative estimate of drug-likeness (QED) is 0.576. The predicted octanol–water partition coefficient (Wildman–Crippen LogP) is 0.589. The van der Waals surface area contributed by atoms with Gasteiger partial charge in [0.2, 0.25) is 0 Å². The molecule has 66 valence electrons. The lowest BCUT2D eigenvalue weighted by Crippen LogP contribution is -2.47. The third kappa shape index (κ3) is 2.50. The summed E-state index contributed by atoms with van der Waals surface area (Å²) in [5.41, 5.74) is 0. The van der Waals surface area contributed by atoms with E-state index in [2.05, 4.69) is 12.1 Å². The van der Waals surface area contributed by atoms with E-state index >= 15 is 0 Å². The van der Waals surface area contributed by atoms with Gasteiger partial charge in [0.25, 0.3) is 0 Å². The van der Waals surface area contributed by atoms with Crippen molar-refractivity contribution in [3.63, 3.8) is 0 Å². The van der Waals surface area contributed by atoms with Gasteiger partial charge in [0.05, 0.1) is 12.1 Å². The van der Waals surface area contributed by atoms with Crippen LogP contribution in [0.5, 0.6) is 0 Å². The van der Waals surface area contributed by atoms with Crippen molar-refractivity contribution in [3.05, 3.63) is 0 Å². The molecule has 0 saturated heterocycles. The van der Waals surface area contributed by atoms with E-state index in [-0.39, 0.29) is 12.1 Å². The van der Waals surface area contributed by atoms with Gasteiger partial charge >= 0.3 is 0 Å². The molecule has 0 aliphatic heterocycles. The fraction of sp³-hybridized carbons (Fsp3) is 0.750. The lowest BCUT2D eigenvalue weighted by atomic mass is 10.3. The Bertz CT molecular complexity index is 190. The fourth-order valence-corrected chi connectivity index (χ4v) is 1.15. The van der Waals surface area contributed by atoms with Gasteiger partial charge in [-0.25, -0.2) is 10.0 Å². The number of nitriles is 2. The molecule has 0 fully saturated rings. The predicted molar refractivity (Wildman–Crippen MR) is 45.7 cm³/mol. The lowest BCUT2D eigenvalue weighted by molar-refractivity contribution is -0.0105. The van der Waals surface area contributed by atoms with Gasteiger partial charge in [-0.05, 0) is 13.8 Å². The van der Waals surface area contributed by atoms with E-state index in [4.69, 9.17) is 10.5 Å². The van der Waals surface area contributed by atoms with E-state index in [0.29, 0.717) is 0 Å². The molecule has 0 aromatic carbocycles. The van der Waals surface area contributed by atoms with Crippen molar-refractivity contribution in [1.29, 1.82) is 10.5 Å². The first-order valence-electron chi connectivity index (χ1n) is 3.79. The smallest absolute Gasteiger partial charge is 0.110 e. The summed E-state index contributed by atoms with van der Waals surface area (Å²) in [7, 11) is 3.64. The molecule has 4 heteroatoms. The second-order valence-corrected chi connectivity index (χ2v) is 2.84. The van der Waals surface area contributed by atoms with E-state index in [9.17, 15) is 0 Å². The van der Waals surface area contributed by atoms with Crippen LogP contribution in [0.15, 0.2) is 0 Å². The van der Waals surface area contributed by atoms with E-state index in [0.717, 1.165) is 0 Å². The molecule has 0 rings (SSSR count). The molecule has 4 nitrogen and oxygen atoms in total. The number of hydrogen-bond acceptors (Lipinski definition) is 4. The van der Waals surface area contributed by atoms with Crippen LogP contribution in [0.1, 0.15) is 13.8 Å². The highest BCUT2D eigenvalue weighted by Crippen LogP contribution is 2.05. The van der Waals surface area contributed by atoms with Crippen molar-refractivity contribution in [2.75, 3.05) is 14.1 Å². The van der Waals surface area contributed by atoms with Crippen LogP contribution in [0, 0.1) is 22.7 Å². The van der Waals surface area contributed by atoms with Crippen molar-refractivity contribution in [1.82, 2.24) is 10.0 Å². The van der Waals surface area contributed by atoms with Crippen LogP contribution in [0.2, 0.25) is 0 Å². The van der Waals surface area contributed by atoms with E-state index < -0.39 is 0 Å².